The summed E-state index contributed by atoms with van der Waals surface area (Å²) in [7, 11) is 0. The number of hydrogen-bond donors (Lipinski definition) is 1. The van der Waals surface area contributed by atoms with E-state index in [9.17, 15) is 14.0 Å². The number of alkyl carbamates (subject to hydrolysis) is 1. The van der Waals surface area contributed by atoms with Crippen molar-refractivity contribution < 1.29 is 23.5 Å². The fraction of sp³-hybridized carbons (Fsp3) is 0.375. The molecule has 0 bridgehead atoms. The van der Waals surface area contributed by atoms with Crippen molar-refractivity contribution in [3.63, 3.8) is 0 Å². The fourth-order valence-electron chi connectivity index (χ4n) is 2.48. The first-order chi connectivity index (χ1) is 11.2. The molecule has 3 rings (SSSR count). The number of fused-ring (bicyclic) bond motifs is 1. The summed E-state index contributed by atoms with van der Waals surface area (Å²) in [6.07, 6.45) is 2.94. The van der Waals surface area contributed by atoms with Crippen molar-refractivity contribution in [2.45, 2.75) is 25.4 Å². The lowest BCUT2D eigenvalue weighted by molar-refractivity contribution is 0.0601. The second-order valence-corrected chi connectivity index (χ2v) is 5.42. The molecule has 7 heteroatoms. The summed E-state index contributed by atoms with van der Waals surface area (Å²) in [5, 5.41) is 2.32. The number of rotatable bonds is 6. The van der Waals surface area contributed by atoms with Gasteiger partial charge in [0.2, 0.25) is 6.79 Å². The monoisotopic (exact) mass is 320 g/mol. The maximum absolute atomic E-state index is 12.2. The molecule has 1 aliphatic heterocycles. The quantitative estimate of drug-likeness (QED) is 0.817. The summed E-state index contributed by atoms with van der Waals surface area (Å²) in [4.78, 5) is 25.3. The zero-order valence-electron chi connectivity index (χ0n) is 12.5. The molecule has 0 unspecified atom stereocenters. The number of halogens is 1. The lowest BCUT2D eigenvalue weighted by atomic mass is 10.1. The van der Waals surface area contributed by atoms with Crippen LogP contribution in [0.3, 0.4) is 0 Å². The number of hydrogen-bond acceptors (Lipinski definition) is 4. The molecule has 1 aliphatic carbocycles. The van der Waals surface area contributed by atoms with Gasteiger partial charge in [-0.3, -0.25) is 4.79 Å². The third kappa shape index (κ3) is 3.61. The predicted molar refractivity (Wildman–Crippen MR) is 79.6 cm³/mol. The van der Waals surface area contributed by atoms with Crippen LogP contribution in [0.1, 0.15) is 28.8 Å². The second kappa shape index (κ2) is 6.68. The van der Waals surface area contributed by atoms with Gasteiger partial charge in [0, 0.05) is 24.7 Å². The van der Waals surface area contributed by atoms with Crippen LogP contribution in [0.25, 0.3) is 0 Å². The van der Waals surface area contributed by atoms with Crippen LogP contribution in [0.5, 0.6) is 5.75 Å². The van der Waals surface area contributed by atoms with Crippen LogP contribution in [0.15, 0.2) is 30.6 Å². The summed E-state index contributed by atoms with van der Waals surface area (Å²) in [5.41, 5.74) is 1.64. The topological polar surface area (TPSA) is 67.9 Å². The molecule has 6 nitrogen and oxygen atoms in total. The first kappa shape index (κ1) is 15.3. The van der Waals surface area contributed by atoms with E-state index in [1.807, 2.05) is 4.90 Å². The van der Waals surface area contributed by atoms with Crippen LogP contribution < -0.4 is 10.1 Å². The molecule has 0 spiro atoms. The lowest BCUT2D eigenvalue weighted by Crippen LogP contribution is -2.25. The van der Waals surface area contributed by atoms with Crippen molar-refractivity contribution in [1.82, 2.24) is 10.2 Å². The first-order valence-electron chi connectivity index (χ1n) is 7.41. The smallest absolute Gasteiger partial charge is 0.410 e. The standard InChI is InChI=1S/C16H17FN2O4/c17-6-1-7-18-16(21)23-10-22-13-4-5-14-11(8-13)9-19(15(14)20)12-2-3-12/h1,4-6,8,12H,2-3,7,9-10H2,(H,18,21). The molecule has 1 aromatic rings. The second-order valence-electron chi connectivity index (χ2n) is 5.42. The summed E-state index contributed by atoms with van der Waals surface area (Å²) in [5.74, 6) is 0.608. The van der Waals surface area contributed by atoms with Crippen molar-refractivity contribution in [3.8, 4) is 5.75 Å². The zero-order valence-corrected chi connectivity index (χ0v) is 12.5. The number of nitrogens with one attached hydrogen (secondary N) is 1. The Balaban J connectivity index is 1.50. The minimum atomic E-state index is -0.695. The van der Waals surface area contributed by atoms with Gasteiger partial charge >= 0.3 is 6.09 Å². The molecule has 0 radical (unpaired) electrons. The average Bonchev–Trinajstić information content (AvgIpc) is 3.33. The highest BCUT2D eigenvalue weighted by Gasteiger charge is 2.38. The van der Waals surface area contributed by atoms with Crippen molar-refractivity contribution in [2.75, 3.05) is 13.3 Å². The molecule has 1 heterocycles. The number of carbonyl (C=O) groups excluding carboxylic acids is 2. The Bertz CT molecular complexity index is 643. The summed E-state index contributed by atoms with van der Waals surface area (Å²) in [6.45, 7) is 0.393. The zero-order chi connectivity index (χ0) is 16.2. The normalized spacial score (nSPS) is 16.6. The highest BCUT2D eigenvalue weighted by molar-refractivity contribution is 5.98. The third-order valence-corrected chi connectivity index (χ3v) is 3.77. The number of carbonyl (C=O) groups is 2. The van der Waals surface area contributed by atoms with Gasteiger partial charge in [0.1, 0.15) is 5.75 Å². The van der Waals surface area contributed by atoms with Crippen molar-refractivity contribution in [2.24, 2.45) is 0 Å². The summed E-state index contributed by atoms with van der Waals surface area (Å²) in [6, 6.07) is 5.59. The van der Waals surface area contributed by atoms with Crippen LogP contribution >= 0.6 is 0 Å². The minimum absolute atomic E-state index is 0.0489. The molecule has 0 atom stereocenters. The van der Waals surface area contributed by atoms with Gasteiger partial charge in [-0.25, -0.2) is 9.18 Å². The fourth-order valence-corrected chi connectivity index (χ4v) is 2.48. The van der Waals surface area contributed by atoms with Crippen LogP contribution in [0.2, 0.25) is 0 Å². The lowest BCUT2D eigenvalue weighted by Gasteiger charge is -2.13. The molecular formula is C16H17FN2O4. The summed E-state index contributed by atoms with van der Waals surface area (Å²) >= 11 is 0. The molecule has 2 amide bonds. The predicted octanol–water partition coefficient (Wildman–Crippen LogP) is 2.35. The molecular weight excluding hydrogens is 303 g/mol. The molecule has 0 aromatic heterocycles. The Morgan fingerprint density at radius 1 is 1.43 bits per heavy atom. The van der Waals surface area contributed by atoms with E-state index in [1.165, 1.54) is 0 Å². The Kier molecular flexibility index (Phi) is 4.45. The van der Waals surface area contributed by atoms with Gasteiger partial charge in [0.15, 0.2) is 0 Å². The van der Waals surface area contributed by atoms with Gasteiger partial charge in [-0.05, 0) is 42.7 Å². The maximum Gasteiger partial charge on any atom is 0.410 e. The highest BCUT2D eigenvalue weighted by atomic mass is 19.1. The van der Waals surface area contributed by atoms with Crippen LogP contribution in [0, 0.1) is 0 Å². The van der Waals surface area contributed by atoms with E-state index in [-0.39, 0.29) is 19.2 Å². The summed E-state index contributed by atoms with van der Waals surface area (Å²) < 4.78 is 21.9. The first-order valence-corrected chi connectivity index (χ1v) is 7.41. The van der Waals surface area contributed by atoms with Gasteiger partial charge in [-0.2, -0.15) is 0 Å². The van der Waals surface area contributed by atoms with Gasteiger partial charge in [0.25, 0.3) is 5.91 Å². The Morgan fingerprint density at radius 2 is 2.26 bits per heavy atom. The number of ether oxygens (including phenoxy) is 2. The van der Waals surface area contributed by atoms with Gasteiger partial charge in [-0.1, -0.05) is 0 Å². The van der Waals surface area contributed by atoms with Gasteiger partial charge < -0.3 is 19.7 Å². The van der Waals surface area contributed by atoms with E-state index < -0.39 is 6.09 Å². The number of nitrogens with zero attached hydrogens (tertiary/aromatic N) is 1. The number of benzene rings is 1. The highest BCUT2D eigenvalue weighted by Crippen LogP contribution is 2.35. The van der Waals surface area contributed by atoms with Crippen LogP contribution in [0.4, 0.5) is 9.18 Å². The largest absolute Gasteiger partial charge is 0.457 e. The van der Waals surface area contributed by atoms with E-state index in [1.54, 1.807) is 18.2 Å². The third-order valence-electron chi connectivity index (χ3n) is 3.77. The number of amides is 2. The molecule has 2 aliphatic rings. The molecule has 1 aromatic carbocycles. The Morgan fingerprint density at radius 3 is 3.00 bits per heavy atom. The van der Waals surface area contributed by atoms with Gasteiger partial charge in [-0.15, -0.1) is 0 Å². The molecule has 1 fully saturated rings. The maximum atomic E-state index is 12.2. The van der Waals surface area contributed by atoms with Crippen LogP contribution in [-0.2, 0) is 11.3 Å². The average molecular weight is 320 g/mol. The van der Waals surface area contributed by atoms with E-state index in [0.29, 0.717) is 30.2 Å². The van der Waals surface area contributed by atoms with E-state index in [2.05, 4.69) is 5.32 Å². The van der Waals surface area contributed by atoms with E-state index >= 15 is 0 Å². The van der Waals surface area contributed by atoms with Gasteiger partial charge in [0.05, 0.1) is 6.33 Å². The SMILES string of the molecule is O=C(NCC=CF)OCOc1ccc2c(c1)CN(C1CC1)C2=O. The van der Waals surface area contributed by atoms with Crippen molar-refractivity contribution in [1.29, 1.82) is 0 Å². The molecule has 1 N–H and O–H groups in total. The minimum Gasteiger partial charge on any atom is -0.457 e. The molecule has 122 valence electrons. The van der Waals surface area contributed by atoms with E-state index in [4.69, 9.17) is 9.47 Å². The van der Waals surface area contributed by atoms with E-state index in [0.717, 1.165) is 24.5 Å². The molecule has 23 heavy (non-hydrogen) atoms. The van der Waals surface area contributed by atoms with Crippen LogP contribution in [-0.4, -0.2) is 36.3 Å². The van der Waals surface area contributed by atoms with Crippen molar-refractivity contribution in [3.05, 3.63) is 41.7 Å². The Labute approximate surface area is 132 Å². The van der Waals surface area contributed by atoms with Crippen molar-refractivity contribution >= 4 is 12.0 Å². The Hall–Kier alpha value is -2.57. The molecule has 1 saturated carbocycles. The molecule has 0 saturated heterocycles.